The highest BCUT2D eigenvalue weighted by Crippen LogP contribution is 2.45. The van der Waals surface area contributed by atoms with Gasteiger partial charge < -0.3 is 19.7 Å². The lowest BCUT2D eigenvalue weighted by atomic mass is 10.0. The maximum absolute atomic E-state index is 5.79. The Kier molecular flexibility index (Phi) is 3.10. The largest absolute Gasteiger partial charge is 0.489 e. The molecule has 2 heterocycles. The molecule has 0 spiro atoms. The Morgan fingerprint density at radius 2 is 1.95 bits per heavy atom. The van der Waals surface area contributed by atoms with Crippen molar-refractivity contribution in [2.75, 3.05) is 18.9 Å². The Morgan fingerprint density at radius 3 is 2.63 bits per heavy atom. The van der Waals surface area contributed by atoms with Crippen molar-refractivity contribution >= 4 is 21.8 Å². The van der Waals surface area contributed by atoms with E-state index in [1.165, 1.54) is 0 Å². The second-order valence-electron chi connectivity index (χ2n) is 4.34. The van der Waals surface area contributed by atoms with Crippen LogP contribution in [0.2, 0.25) is 0 Å². The fourth-order valence-electron chi connectivity index (χ4n) is 2.15. The van der Waals surface area contributed by atoms with Crippen molar-refractivity contribution < 1.29 is 14.0 Å². The monoisotopic (exact) mass is 324 g/mol. The van der Waals surface area contributed by atoms with Gasteiger partial charge in [-0.2, -0.15) is 0 Å². The van der Waals surface area contributed by atoms with E-state index in [4.69, 9.17) is 19.7 Å². The van der Waals surface area contributed by atoms with E-state index in [1.807, 2.05) is 13.0 Å². The number of hydrogen-bond donors (Lipinski definition) is 1. The molecule has 0 atom stereocenters. The molecular formula is C13H13BrN2O3. The van der Waals surface area contributed by atoms with Gasteiger partial charge in [-0.15, -0.1) is 0 Å². The minimum absolute atomic E-state index is 0.296. The molecule has 1 aromatic carbocycles. The molecule has 0 radical (unpaired) electrons. The van der Waals surface area contributed by atoms with E-state index >= 15 is 0 Å². The lowest BCUT2D eigenvalue weighted by Crippen LogP contribution is -1.98. The third kappa shape index (κ3) is 2.06. The first-order valence-electron chi connectivity index (χ1n) is 5.97. The zero-order valence-electron chi connectivity index (χ0n) is 10.4. The number of nitrogens with two attached hydrogens (primary N) is 1. The van der Waals surface area contributed by atoms with Gasteiger partial charge in [0.05, 0.1) is 29.4 Å². The summed E-state index contributed by atoms with van der Waals surface area (Å²) >= 11 is 3.52. The second-order valence-corrected chi connectivity index (χ2v) is 5.20. The van der Waals surface area contributed by atoms with Crippen LogP contribution in [-0.4, -0.2) is 18.4 Å². The standard InChI is InChI=1S/C13H13BrN2O3/c1-7-8(9-6-16-19-13(9)15)5-10(14)12-11(7)17-3-2-4-18-12/h5-6H,2-4,15H2,1H3. The predicted molar refractivity (Wildman–Crippen MR) is 74.4 cm³/mol. The molecule has 0 amide bonds. The molecule has 5 nitrogen and oxygen atoms in total. The van der Waals surface area contributed by atoms with Crippen LogP contribution < -0.4 is 15.2 Å². The van der Waals surface area contributed by atoms with E-state index < -0.39 is 0 Å². The van der Waals surface area contributed by atoms with Crippen LogP contribution in [-0.2, 0) is 0 Å². The molecule has 0 fully saturated rings. The quantitative estimate of drug-likeness (QED) is 0.872. The molecule has 3 rings (SSSR count). The highest BCUT2D eigenvalue weighted by atomic mass is 79.9. The Bertz CT molecular complexity index is 625. The van der Waals surface area contributed by atoms with Crippen LogP contribution in [0.3, 0.4) is 0 Å². The molecule has 2 N–H and O–H groups in total. The number of rotatable bonds is 1. The minimum Gasteiger partial charge on any atom is -0.489 e. The maximum atomic E-state index is 5.79. The number of ether oxygens (including phenoxy) is 2. The number of hydrogen-bond acceptors (Lipinski definition) is 5. The smallest absolute Gasteiger partial charge is 0.229 e. The van der Waals surface area contributed by atoms with Crippen molar-refractivity contribution in [1.29, 1.82) is 0 Å². The molecule has 1 aliphatic heterocycles. The third-order valence-electron chi connectivity index (χ3n) is 3.11. The normalized spacial score (nSPS) is 14.2. The molecule has 6 heteroatoms. The first kappa shape index (κ1) is 12.3. The molecule has 19 heavy (non-hydrogen) atoms. The van der Waals surface area contributed by atoms with Gasteiger partial charge >= 0.3 is 0 Å². The Balaban J connectivity index is 2.20. The number of aromatic nitrogens is 1. The minimum atomic E-state index is 0.296. The predicted octanol–water partition coefficient (Wildman–Crippen LogP) is 3.16. The molecule has 0 bridgehead atoms. The van der Waals surface area contributed by atoms with Gasteiger partial charge in [-0.25, -0.2) is 0 Å². The summed E-state index contributed by atoms with van der Waals surface area (Å²) in [5.74, 6) is 1.79. The van der Waals surface area contributed by atoms with Crippen LogP contribution >= 0.6 is 15.9 Å². The Labute approximate surface area is 118 Å². The zero-order valence-corrected chi connectivity index (χ0v) is 12.0. The molecule has 100 valence electrons. The Hall–Kier alpha value is -1.69. The van der Waals surface area contributed by atoms with Gasteiger partial charge in [0.1, 0.15) is 0 Å². The van der Waals surface area contributed by atoms with Crippen LogP contribution in [0.15, 0.2) is 21.3 Å². The number of fused-ring (bicyclic) bond motifs is 1. The van der Waals surface area contributed by atoms with Gasteiger partial charge in [0.25, 0.3) is 0 Å². The van der Waals surface area contributed by atoms with Crippen molar-refractivity contribution in [3.05, 3.63) is 22.3 Å². The van der Waals surface area contributed by atoms with E-state index in [2.05, 4.69) is 21.1 Å². The van der Waals surface area contributed by atoms with Gasteiger partial charge in [-0.1, -0.05) is 5.16 Å². The SMILES string of the molecule is Cc1c(-c2cnoc2N)cc(Br)c2c1OCCCO2. The highest BCUT2D eigenvalue weighted by Gasteiger charge is 2.22. The summed E-state index contributed by atoms with van der Waals surface area (Å²) in [6.45, 7) is 3.27. The van der Waals surface area contributed by atoms with Crippen LogP contribution in [0.25, 0.3) is 11.1 Å². The van der Waals surface area contributed by atoms with Crippen molar-refractivity contribution in [2.24, 2.45) is 0 Å². The summed E-state index contributed by atoms with van der Waals surface area (Å²) in [6.07, 6.45) is 2.47. The average Bonchev–Trinajstić information content (AvgIpc) is 2.66. The van der Waals surface area contributed by atoms with Gasteiger partial charge in [0.2, 0.25) is 5.88 Å². The highest BCUT2D eigenvalue weighted by molar-refractivity contribution is 9.10. The molecular weight excluding hydrogens is 312 g/mol. The number of benzene rings is 1. The number of halogens is 1. The molecule has 0 aliphatic carbocycles. The first-order valence-corrected chi connectivity index (χ1v) is 6.77. The molecule has 0 saturated carbocycles. The summed E-state index contributed by atoms with van der Waals surface area (Å²) in [5.41, 5.74) is 8.43. The topological polar surface area (TPSA) is 70.5 Å². The molecule has 1 aromatic heterocycles. The van der Waals surface area contributed by atoms with Crippen molar-refractivity contribution in [1.82, 2.24) is 5.16 Å². The van der Waals surface area contributed by atoms with Crippen LogP contribution in [0.5, 0.6) is 11.5 Å². The molecule has 0 unspecified atom stereocenters. The first-order chi connectivity index (χ1) is 9.18. The van der Waals surface area contributed by atoms with Gasteiger partial charge in [-0.3, -0.25) is 0 Å². The van der Waals surface area contributed by atoms with E-state index in [1.54, 1.807) is 6.20 Å². The van der Waals surface area contributed by atoms with E-state index in [0.717, 1.165) is 39.1 Å². The maximum Gasteiger partial charge on any atom is 0.229 e. The summed E-state index contributed by atoms with van der Waals surface area (Å²) < 4.78 is 17.3. The van der Waals surface area contributed by atoms with Crippen LogP contribution in [0.1, 0.15) is 12.0 Å². The summed E-state index contributed by atoms with van der Waals surface area (Å²) in [5, 5.41) is 3.71. The molecule has 1 aliphatic rings. The fourth-order valence-corrected chi connectivity index (χ4v) is 2.67. The third-order valence-corrected chi connectivity index (χ3v) is 3.70. The molecule has 0 saturated heterocycles. The average molecular weight is 325 g/mol. The summed E-state index contributed by atoms with van der Waals surface area (Å²) in [4.78, 5) is 0. The summed E-state index contributed by atoms with van der Waals surface area (Å²) in [7, 11) is 0. The number of anilines is 1. The van der Waals surface area contributed by atoms with E-state index in [9.17, 15) is 0 Å². The van der Waals surface area contributed by atoms with Gasteiger partial charge in [0.15, 0.2) is 11.5 Å². The number of nitrogen functional groups attached to an aromatic ring is 1. The van der Waals surface area contributed by atoms with Crippen LogP contribution in [0.4, 0.5) is 5.88 Å². The Morgan fingerprint density at radius 1 is 1.21 bits per heavy atom. The fraction of sp³-hybridized carbons (Fsp3) is 0.308. The van der Waals surface area contributed by atoms with Crippen molar-refractivity contribution in [3.8, 4) is 22.6 Å². The van der Waals surface area contributed by atoms with Gasteiger partial charge in [0, 0.05) is 12.0 Å². The summed E-state index contributed by atoms with van der Waals surface area (Å²) in [6, 6.07) is 1.95. The van der Waals surface area contributed by atoms with Crippen molar-refractivity contribution in [3.63, 3.8) is 0 Å². The second kappa shape index (κ2) is 4.77. The van der Waals surface area contributed by atoms with Gasteiger partial charge in [-0.05, 0) is 34.5 Å². The lowest BCUT2D eigenvalue weighted by Gasteiger charge is -2.15. The number of nitrogens with zero attached hydrogens (tertiary/aromatic N) is 1. The van der Waals surface area contributed by atoms with E-state index in [-0.39, 0.29) is 0 Å². The lowest BCUT2D eigenvalue weighted by molar-refractivity contribution is 0.296. The van der Waals surface area contributed by atoms with E-state index in [0.29, 0.717) is 19.1 Å². The van der Waals surface area contributed by atoms with Crippen molar-refractivity contribution in [2.45, 2.75) is 13.3 Å². The molecule has 2 aromatic rings. The van der Waals surface area contributed by atoms with Crippen LogP contribution in [0, 0.1) is 6.92 Å². The zero-order chi connectivity index (χ0) is 13.4.